The first kappa shape index (κ1) is 17.4. The van der Waals surface area contributed by atoms with Crippen molar-refractivity contribution >= 4 is 43.5 Å². The molecule has 210 valence electrons. The molecule has 0 saturated heterocycles. The third-order valence-electron chi connectivity index (χ3n) is 8.46. The van der Waals surface area contributed by atoms with Gasteiger partial charge in [-0.1, -0.05) is 157 Å². The maximum absolute atomic E-state index is 9.06. The van der Waals surface area contributed by atoms with E-state index >= 15 is 0 Å². The Morgan fingerprint density at radius 3 is 1.47 bits per heavy atom. The Balaban J connectivity index is 1.49. The highest BCUT2D eigenvalue weighted by Crippen LogP contribution is 2.50. The second-order valence-corrected chi connectivity index (χ2v) is 10.8. The van der Waals surface area contributed by atoms with E-state index in [1.165, 1.54) is 0 Å². The molecule has 1 heterocycles. The number of fused-ring (bicyclic) bond motifs is 5. The van der Waals surface area contributed by atoms with Crippen LogP contribution in [-0.2, 0) is 0 Å². The summed E-state index contributed by atoms with van der Waals surface area (Å²) in [6.45, 7) is 0. The van der Waals surface area contributed by atoms with Crippen molar-refractivity contribution in [2.45, 2.75) is 0 Å². The van der Waals surface area contributed by atoms with Crippen LogP contribution in [0.2, 0.25) is 0 Å². The van der Waals surface area contributed by atoms with Crippen LogP contribution in [0.4, 0.5) is 0 Å². The number of hydrogen-bond donors (Lipinski definition) is 0. The van der Waals surface area contributed by atoms with Crippen LogP contribution >= 0.6 is 0 Å². The zero-order valence-electron chi connectivity index (χ0n) is 33.8. The highest BCUT2D eigenvalue weighted by atomic mass is 16.3. The van der Waals surface area contributed by atoms with Gasteiger partial charge in [-0.25, -0.2) is 0 Å². The largest absolute Gasteiger partial charge is 0.456 e. The van der Waals surface area contributed by atoms with Crippen molar-refractivity contribution < 1.29 is 18.1 Å². The van der Waals surface area contributed by atoms with Crippen LogP contribution in [0.1, 0.15) is 13.7 Å². The lowest BCUT2D eigenvalue weighted by molar-refractivity contribution is 0.669. The SMILES string of the molecule is [2H]c1c([2H])c([2H])c(-c2ccccc2-c2c3ccccc3c(-c3c(-c4c([2H])c([2H])c([2H])c([2H])c4[2H])ccc4oc5ccccc5c34)c3ccccc23)c([2H])c1[2H]. The van der Waals surface area contributed by atoms with E-state index in [4.69, 9.17) is 18.1 Å². The monoisotopic (exact) mass is 582 g/mol. The van der Waals surface area contributed by atoms with Gasteiger partial charge in [-0.3, -0.25) is 0 Å². The van der Waals surface area contributed by atoms with Crippen molar-refractivity contribution in [2.75, 3.05) is 0 Å². The van der Waals surface area contributed by atoms with Crippen LogP contribution in [0.25, 0.3) is 88.0 Å². The van der Waals surface area contributed by atoms with E-state index in [9.17, 15) is 0 Å². The number of para-hydroxylation sites is 1. The zero-order valence-corrected chi connectivity index (χ0v) is 23.8. The highest BCUT2D eigenvalue weighted by molar-refractivity contribution is 6.28. The molecule has 0 fully saturated rings. The minimum Gasteiger partial charge on any atom is -0.456 e. The predicted molar refractivity (Wildman–Crippen MR) is 190 cm³/mol. The van der Waals surface area contributed by atoms with E-state index in [0.29, 0.717) is 33.4 Å². The molecule has 0 radical (unpaired) electrons. The van der Waals surface area contributed by atoms with E-state index in [-0.39, 0.29) is 35.3 Å². The van der Waals surface area contributed by atoms with Gasteiger partial charge in [-0.05, 0) is 72.6 Å². The topological polar surface area (TPSA) is 13.1 Å². The second kappa shape index (κ2) is 10.4. The summed E-state index contributed by atoms with van der Waals surface area (Å²) in [5.41, 5.74) is 5.13. The minimum absolute atomic E-state index is 0.0666. The Kier molecular flexibility index (Phi) is 4.01. The normalized spacial score (nSPS) is 14.7. The van der Waals surface area contributed by atoms with E-state index in [1.807, 2.05) is 84.9 Å². The summed E-state index contributed by atoms with van der Waals surface area (Å²) in [4.78, 5) is 0. The van der Waals surface area contributed by atoms with Gasteiger partial charge in [-0.15, -0.1) is 0 Å². The fourth-order valence-corrected chi connectivity index (χ4v) is 6.66. The Morgan fingerprint density at radius 1 is 0.356 bits per heavy atom. The summed E-state index contributed by atoms with van der Waals surface area (Å²) in [6, 6.07) is 30.2. The second-order valence-electron chi connectivity index (χ2n) is 10.8. The molecular formula is C44H28O. The van der Waals surface area contributed by atoms with Crippen molar-refractivity contribution in [3.8, 4) is 44.5 Å². The lowest BCUT2D eigenvalue weighted by Crippen LogP contribution is -1.94. The summed E-state index contributed by atoms with van der Waals surface area (Å²) >= 11 is 0. The standard InChI is InChI=1S/C44H28O/c1-3-15-29(16-4-1)31-19-7-8-20-33(31)41-34-21-9-11-23-36(34)42(37-24-12-10-22-35(37)41)44-32(30-17-5-2-6-18-30)27-28-40-43(44)38-25-13-14-26-39(38)45-40/h1-28H/i1D,2D,3D,4D,5D,6D,15D,16D,17D,18D. The Labute approximate surface area is 275 Å². The molecule has 8 aromatic carbocycles. The number of hydrogen-bond acceptors (Lipinski definition) is 1. The molecule has 0 amide bonds. The quantitative estimate of drug-likeness (QED) is 0.188. The average Bonchev–Trinajstić information content (AvgIpc) is 3.59. The van der Waals surface area contributed by atoms with Crippen molar-refractivity contribution in [3.05, 3.63) is 170 Å². The molecule has 1 heteroatoms. The van der Waals surface area contributed by atoms with Crippen molar-refractivity contribution in [2.24, 2.45) is 0 Å². The third kappa shape index (κ3) is 4.02. The van der Waals surface area contributed by atoms with E-state index in [1.54, 1.807) is 24.3 Å². The van der Waals surface area contributed by atoms with Gasteiger partial charge in [-0.2, -0.15) is 0 Å². The number of benzene rings is 8. The van der Waals surface area contributed by atoms with Gasteiger partial charge in [0.2, 0.25) is 0 Å². The number of furan rings is 1. The van der Waals surface area contributed by atoms with Gasteiger partial charge in [0.05, 0.1) is 13.7 Å². The Hall–Kier alpha value is -5.92. The van der Waals surface area contributed by atoms with Gasteiger partial charge < -0.3 is 4.42 Å². The maximum Gasteiger partial charge on any atom is 0.136 e. The summed E-state index contributed by atoms with van der Waals surface area (Å²) in [5, 5.41) is 4.70. The Bertz CT molecular complexity index is 3000. The first-order valence-electron chi connectivity index (χ1n) is 19.6. The summed E-state index contributed by atoms with van der Waals surface area (Å²) in [5.74, 6) is 0. The lowest BCUT2D eigenvalue weighted by Gasteiger charge is -2.21. The first-order valence-corrected chi connectivity index (χ1v) is 14.6. The van der Waals surface area contributed by atoms with Crippen molar-refractivity contribution in [1.82, 2.24) is 0 Å². The summed E-state index contributed by atoms with van der Waals surface area (Å²) in [6.07, 6.45) is 0. The molecule has 9 rings (SSSR count). The van der Waals surface area contributed by atoms with Crippen LogP contribution in [-0.4, -0.2) is 0 Å². The van der Waals surface area contributed by atoms with Crippen LogP contribution in [0.5, 0.6) is 0 Å². The van der Waals surface area contributed by atoms with Crippen molar-refractivity contribution in [1.29, 1.82) is 0 Å². The molecule has 0 saturated carbocycles. The summed E-state index contributed by atoms with van der Waals surface area (Å²) in [7, 11) is 0. The van der Waals surface area contributed by atoms with E-state index < -0.39 is 36.3 Å². The fraction of sp³-hybridized carbons (Fsp3) is 0. The van der Waals surface area contributed by atoms with Crippen LogP contribution in [0.15, 0.2) is 174 Å². The molecule has 0 unspecified atom stereocenters. The highest BCUT2D eigenvalue weighted by Gasteiger charge is 2.24. The average molecular weight is 583 g/mol. The summed E-state index contributed by atoms with van der Waals surface area (Å²) < 4.78 is 92.8. The molecule has 0 spiro atoms. The molecule has 0 N–H and O–H groups in total. The molecule has 9 aromatic rings. The molecule has 45 heavy (non-hydrogen) atoms. The van der Waals surface area contributed by atoms with Crippen LogP contribution in [0, 0.1) is 0 Å². The first-order chi connectivity index (χ1) is 26.5. The predicted octanol–water partition coefficient (Wildman–Crippen LogP) is 12.6. The number of rotatable bonds is 4. The van der Waals surface area contributed by atoms with Gasteiger partial charge in [0.1, 0.15) is 11.2 Å². The molecular weight excluding hydrogens is 544 g/mol. The Morgan fingerprint density at radius 2 is 0.844 bits per heavy atom. The molecule has 0 atom stereocenters. The minimum atomic E-state index is -0.479. The smallest absolute Gasteiger partial charge is 0.136 e. The van der Waals surface area contributed by atoms with Crippen LogP contribution < -0.4 is 0 Å². The molecule has 1 nitrogen and oxygen atoms in total. The van der Waals surface area contributed by atoms with E-state index in [2.05, 4.69) is 0 Å². The molecule has 0 bridgehead atoms. The molecule has 0 aliphatic rings. The molecule has 0 aliphatic carbocycles. The molecule has 0 aliphatic heterocycles. The van der Waals surface area contributed by atoms with Crippen LogP contribution in [0.3, 0.4) is 0 Å². The van der Waals surface area contributed by atoms with Gasteiger partial charge >= 0.3 is 0 Å². The van der Waals surface area contributed by atoms with Gasteiger partial charge in [0.25, 0.3) is 0 Å². The van der Waals surface area contributed by atoms with Gasteiger partial charge in [0, 0.05) is 16.3 Å². The molecule has 1 aromatic heterocycles. The van der Waals surface area contributed by atoms with E-state index in [0.717, 1.165) is 43.4 Å². The lowest BCUT2D eigenvalue weighted by atomic mass is 9.81. The zero-order chi connectivity index (χ0) is 38.4. The maximum atomic E-state index is 9.06. The third-order valence-corrected chi connectivity index (χ3v) is 8.46. The fourth-order valence-electron chi connectivity index (χ4n) is 6.66. The van der Waals surface area contributed by atoms with Gasteiger partial charge in [0.15, 0.2) is 0 Å². The van der Waals surface area contributed by atoms with Crippen molar-refractivity contribution in [3.63, 3.8) is 0 Å².